The molecule has 8 rings (SSSR count). The number of hydrogen-bond donors (Lipinski definition) is 6. The Hall–Kier alpha value is -1.19. The third-order valence-corrected chi connectivity index (χ3v) is 16.5. The molecule has 0 aromatic rings. The van der Waals surface area contributed by atoms with E-state index in [2.05, 4.69) is 40.7 Å². The Bertz CT molecular complexity index is 1450. The first-order valence-corrected chi connectivity index (χ1v) is 19.9. The van der Waals surface area contributed by atoms with Gasteiger partial charge in [0, 0.05) is 11.8 Å². The smallest absolute Gasteiger partial charge is 0.199 e. The van der Waals surface area contributed by atoms with Crippen molar-refractivity contribution in [1.29, 1.82) is 0 Å². The van der Waals surface area contributed by atoms with Crippen LogP contribution in [0.25, 0.3) is 0 Å². The van der Waals surface area contributed by atoms with Gasteiger partial charge in [-0.15, -0.1) is 0 Å². The minimum atomic E-state index is -1.59. The normalized spacial score (nSPS) is 56.3. The summed E-state index contributed by atoms with van der Waals surface area (Å²) in [6.07, 6.45) is -3.17. The Kier molecular flexibility index (Phi) is 9.00. The van der Waals surface area contributed by atoms with Gasteiger partial charge in [-0.25, -0.2) is 0 Å². The Morgan fingerprint density at radius 2 is 1.50 bits per heavy atom. The van der Waals surface area contributed by atoms with Crippen molar-refractivity contribution in [2.75, 3.05) is 13.2 Å². The van der Waals surface area contributed by atoms with E-state index in [1.807, 2.05) is 13.8 Å². The quantitative estimate of drug-likeness (QED) is 0.220. The second kappa shape index (κ2) is 12.4. The Labute approximate surface area is 307 Å². The van der Waals surface area contributed by atoms with Crippen molar-refractivity contribution in [2.45, 2.75) is 161 Å². The Morgan fingerprint density at radius 3 is 2.19 bits per heavy atom. The number of ketones is 1. The van der Waals surface area contributed by atoms with Gasteiger partial charge in [0.05, 0.1) is 25.4 Å². The van der Waals surface area contributed by atoms with E-state index >= 15 is 0 Å². The first kappa shape index (κ1) is 37.7. The third kappa shape index (κ3) is 5.04. The summed E-state index contributed by atoms with van der Waals surface area (Å²) in [6.45, 7) is 14.9. The topological polar surface area (TPSA) is 185 Å². The summed E-state index contributed by atoms with van der Waals surface area (Å²) >= 11 is 0. The zero-order chi connectivity index (χ0) is 37.5. The first-order valence-electron chi connectivity index (χ1n) is 19.9. The highest BCUT2D eigenvalue weighted by molar-refractivity contribution is 5.95. The van der Waals surface area contributed by atoms with Crippen LogP contribution in [0.5, 0.6) is 0 Å². The lowest BCUT2D eigenvalue weighted by molar-refractivity contribution is -0.356. The lowest BCUT2D eigenvalue weighted by atomic mass is 9.41. The van der Waals surface area contributed by atoms with Crippen LogP contribution in [0.3, 0.4) is 0 Å². The van der Waals surface area contributed by atoms with Gasteiger partial charge in [0.25, 0.3) is 0 Å². The summed E-state index contributed by atoms with van der Waals surface area (Å²) in [5.41, 5.74) is -0.442. The van der Waals surface area contributed by atoms with Crippen LogP contribution in [-0.4, -0.2) is 117 Å². The molecule has 6 N–H and O–H groups in total. The van der Waals surface area contributed by atoms with Gasteiger partial charge in [-0.05, 0) is 95.9 Å². The fourth-order valence-corrected chi connectivity index (χ4v) is 14.0. The first-order chi connectivity index (χ1) is 24.3. The van der Waals surface area contributed by atoms with Crippen LogP contribution in [0.4, 0.5) is 0 Å². The number of carbonyl (C=O) groups excluding carboxylic acids is 1. The highest BCUT2D eigenvalue weighted by atomic mass is 16.7. The summed E-state index contributed by atoms with van der Waals surface area (Å²) < 4.78 is 30.7. The fourth-order valence-electron chi connectivity index (χ4n) is 14.0. The molecule has 2 spiro atoms. The molecule has 12 heteroatoms. The number of allylic oxidation sites excluding steroid dienone is 2. The average Bonchev–Trinajstić information content (AvgIpc) is 3.66. The number of carbonyl (C=O) groups is 1. The van der Waals surface area contributed by atoms with Crippen molar-refractivity contribution in [2.24, 2.45) is 56.7 Å². The van der Waals surface area contributed by atoms with E-state index < -0.39 is 60.7 Å². The molecule has 0 amide bonds. The molecule has 2 saturated heterocycles. The van der Waals surface area contributed by atoms with Crippen LogP contribution in [0.15, 0.2) is 11.8 Å². The van der Waals surface area contributed by atoms with E-state index in [-0.39, 0.29) is 70.6 Å². The van der Waals surface area contributed by atoms with Gasteiger partial charge in [0.2, 0.25) is 0 Å². The number of fused-ring (bicyclic) bond motifs is 4. The standard InChI is InChI=1S/C40H62O12/c1-18(2)28(44)23-12-19(3)27-24(50-23)14-38(7)25-13-20(41)33-36(4,5)26(8-9-40(33)17-39(25,40)11-10-37(27,38)6)51-35-32(30(46)22(43)16-49-35)52-34-31(47)29(45)21(42)15-48-34/h12,18-22,24-27,29-35,41-43,45-47H,8-11,13-17H2,1-7H3/t19-,20+,21+,22-,24+,25+,26+,27+,29+,30+,31-,32-,33+,34+,35+,37-,38+,39+,40-/m1/s1. The molecule has 0 aromatic carbocycles. The SMILES string of the molecule is CC(C)C(=O)C1=C[C@@H](C)[C@H]2[C@H](C[C@@]3(C)[C@@H]4C[C@H](O)[C@H]5C(C)(C)[C@@H](O[C@@H]6OC[C@@H](O)[C@H](O)[C@H]6O[C@@H]6OC[C@H](O)[C@H](O)[C@H]6O)CC[C@@]56C[C@@]46CC[C@]23C)O1. The molecule has 0 bridgehead atoms. The van der Waals surface area contributed by atoms with E-state index in [0.29, 0.717) is 30.4 Å². The maximum atomic E-state index is 13.1. The average molecular weight is 735 g/mol. The summed E-state index contributed by atoms with van der Waals surface area (Å²) in [6, 6.07) is 0. The molecule has 19 atom stereocenters. The summed E-state index contributed by atoms with van der Waals surface area (Å²) in [4.78, 5) is 13.1. The molecular formula is C40H62O12. The Morgan fingerprint density at radius 1 is 0.827 bits per heavy atom. The molecule has 0 aromatic heterocycles. The predicted octanol–water partition coefficient (Wildman–Crippen LogP) is 2.44. The Balaban J connectivity index is 1.02. The highest BCUT2D eigenvalue weighted by Crippen LogP contribution is 2.89. The molecule has 0 radical (unpaired) electrons. The van der Waals surface area contributed by atoms with E-state index in [0.717, 1.165) is 32.1 Å². The minimum Gasteiger partial charge on any atom is -0.487 e. The minimum absolute atomic E-state index is 0.0130. The molecule has 52 heavy (non-hydrogen) atoms. The van der Waals surface area contributed by atoms with E-state index in [1.54, 1.807) is 0 Å². The second-order valence-corrected chi connectivity index (χ2v) is 19.5. The summed E-state index contributed by atoms with van der Waals surface area (Å²) in [5, 5.41) is 64.6. The lowest BCUT2D eigenvalue weighted by Gasteiger charge is -2.64. The van der Waals surface area contributed by atoms with Crippen molar-refractivity contribution in [3.63, 3.8) is 0 Å². The zero-order valence-electron chi connectivity index (χ0n) is 31.8. The van der Waals surface area contributed by atoms with Crippen LogP contribution in [-0.2, 0) is 28.5 Å². The van der Waals surface area contributed by atoms with Gasteiger partial charge in [-0.1, -0.05) is 48.5 Å². The monoisotopic (exact) mass is 734 g/mol. The number of Topliss-reactive ketones (excluding diaryl/α,β-unsaturated/α-hetero) is 1. The van der Waals surface area contributed by atoms with Gasteiger partial charge < -0.3 is 54.3 Å². The molecule has 3 heterocycles. The third-order valence-electron chi connectivity index (χ3n) is 16.5. The molecule has 0 unspecified atom stereocenters. The summed E-state index contributed by atoms with van der Waals surface area (Å²) in [5.74, 6) is 1.34. The molecule has 8 aliphatic rings. The second-order valence-electron chi connectivity index (χ2n) is 19.5. The number of rotatable bonds is 6. The molecule has 3 aliphatic heterocycles. The number of hydrogen-bond acceptors (Lipinski definition) is 12. The van der Waals surface area contributed by atoms with Crippen molar-refractivity contribution in [3.8, 4) is 0 Å². The number of ether oxygens (including phenoxy) is 5. The molecule has 7 fully saturated rings. The van der Waals surface area contributed by atoms with Gasteiger partial charge >= 0.3 is 0 Å². The van der Waals surface area contributed by atoms with Crippen molar-refractivity contribution in [1.82, 2.24) is 0 Å². The van der Waals surface area contributed by atoms with Crippen LogP contribution >= 0.6 is 0 Å². The maximum absolute atomic E-state index is 13.1. The van der Waals surface area contributed by atoms with Crippen molar-refractivity contribution >= 4 is 5.78 Å². The largest absolute Gasteiger partial charge is 0.487 e. The predicted molar refractivity (Wildman–Crippen MR) is 185 cm³/mol. The summed E-state index contributed by atoms with van der Waals surface area (Å²) in [7, 11) is 0. The fraction of sp³-hybridized carbons (Fsp3) is 0.925. The van der Waals surface area contributed by atoms with Crippen LogP contribution in [0, 0.1) is 56.7 Å². The lowest BCUT2D eigenvalue weighted by Crippen LogP contribution is -2.63. The van der Waals surface area contributed by atoms with Crippen LogP contribution in [0.2, 0.25) is 0 Å². The van der Waals surface area contributed by atoms with Crippen molar-refractivity contribution < 1.29 is 59.1 Å². The van der Waals surface area contributed by atoms with Gasteiger partial charge in [-0.3, -0.25) is 4.79 Å². The van der Waals surface area contributed by atoms with Crippen molar-refractivity contribution in [3.05, 3.63) is 11.8 Å². The maximum Gasteiger partial charge on any atom is 0.199 e. The van der Waals surface area contributed by atoms with Gasteiger partial charge in [0.15, 0.2) is 24.1 Å². The molecular weight excluding hydrogens is 672 g/mol. The van der Waals surface area contributed by atoms with E-state index in [4.69, 9.17) is 23.7 Å². The zero-order valence-corrected chi connectivity index (χ0v) is 31.8. The number of aliphatic hydroxyl groups excluding tert-OH is 6. The van der Waals surface area contributed by atoms with Crippen LogP contribution in [0.1, 0.15) is 93.4 Å². The molecule has 294 valence electrons. The molecule has 12 nitrogen and oxygen atoms in total. The molecule has 5 saturated carbocycles. The van der Waals surface area contributed by atoms with Crippen LogP contribution < -0.4 is 0 Å². The molecule has 5 aliphatic carbocycles. The van der Waals surface area contributed by atoms with Gasteiger partial charge in [0.1, 0.15) is 42.7 Å². The highest BCUT2D eigenvalue weighted by Gasteiger charge is 2.84. The number of aliphatic hydroxyl groups is 6. The van der Waals surface area contributed by atoms with E-state index in [1.165, 1.54) is 0 Å². The van der Waals surface area contributed by atoms with Gasteiger partial charge in [-0.2, -0.15) is 0 Å². The van der Waals surface area contributed by atoms with E-state index in [9.17, 15) is 35.4 Å².